The smallest absolute Gasteiger partial charge is 0.265 e. The van der Waals surface area contributed by atoms with Crippen LogP contribution < -0.4 is 4.90 Å². The number of benzene rings is 2. The Balaban J connectivity index is 1.54. The highest BCUT2D eigenvalue weighted by Gasteiger charge is 2.29. The third-order valence-corrected chi connectivity index (χ3v) is 7.24. The number of hydrogen-bond donors (Lipinski definition) is 0. The molecule has 34 heavy (non-hydrogen) atoms. The Kier molecular flexibility index (Phi) is 6.49. The first-order chi connectivity index (χ1) is 16.5. The third kappa shape index (κ3) is 4.51. The number of nitrogens with zero attached hydrogens (tertiary/aromatic N) is 5. The summed E-state index contributed by atoms with van der Waals surface area (Å²) in [4.78, 5) is 24.5. The van der Waals surface area contributed by atoms with E-state index in [-0.39, 0.29) is 5.91 Å². The molecule has 0 atom stereocenters. The molecule has 0 spiro atoms. The molecular weight excluding hydrogens is 538 g/mol. The second kappa shape index (κ2) is 9.69. The highest BCUT2D eigenvalue weighted by atomic mass is 79.9. The Labute approximate surface area is 213 Å². The van der Waals surface area contributed by atoms with Crippen molar-refractivity contribution in [2.45, 2.75) is 19.9 Å². The second-order valence-electron chi connectivity index (χ2n) is 7.66. The number of carbonyl (C=O) groups excluding carboxylic acids is 1. The minimum Gasteiger partial charge on any atom is -0.360 e. The second-order valence-corrected chi connectivity index (χ2v) is 9.99. The van der Waals surface area contributed by atoms with Crippen molar-refractivity contribution in [1.29, 1.82) is 0 Å². The van der Waals surface area contributed by atoms with Gasteiger partial charge in [-0.25, -0.2) is 9.97 Å². The molecule has 0 aliphatic rings. The fourth-order valence-electron chi connectivity index (χ4n) is 3.71. The van der Waals surface area contributed by atoms with E-state index >= 15 is 0 Å². The van der Waals surface area contributed by atoms with E-state index in [9.17, 15) is 4.79 Å². The van der Waals surface area contributed by atoms with Gasteiger partial charge >= 0.3 is 0 Å². The summed E-state index contributed by atoms with van der Waals surface area (Å²) in [6.45, 7) is 2.92. The minimum absolute atomic E-state index is 0.225. The number of aromatic nitrogens is 4. The van der Waals surface area contributed by atoms with Gasteiger partial charge in [0.1, 0.15) is 17.0 Å². The number of rotatable bonds is 7. The van der Waals surface area contributed by atoms with Crippen LogP contribution in [0.5, 0.6) is 0 Å². The van der Waals surface area contributed by atoms with Crippen LogP contribution in [-0.4, -0.2) is 32.1 Å². The molecule has 0 fully saturated rings. The number of hydrogen-bond acceptors (Lipinski definition) is 6. The quantitative estimate of drug-likeness (QED) is 0.225. The fourth-order valence-corrected chi connectivity index (χ4v) is 5.48. The van der Waals surface area contributed by atoms with Gasteiger partial charge in [-0.2, -0.15) is 0 Å². The van der Waals surface area contributed by atoms with Crippen molar-refractivity contribution >= 4 is 60.1 Å². The van der Waals surface area contributed by atoms with Crippen molar-refractivity contribution < 1.29 is 9.32 Å². The summed E-state index contributed by atoms with van der Waals surface area (Å²) in [5, 5.41) is 5.30. The van der Waals surface area contributed by atoms with Crippen molar-refractivity contribution in [3.63, 3.8) is 0 Å². The van der Waals surface area contributed by atoms with Gasteiger partial charge in [0, 0.05) is 35.5 Å². The average Bonchev–Trinajstić information content (AvgIpc) is 3.56. The van der Waals surface area contributed by atoms with Crippen LogP contribution in [0.2, 0.25) is 5.02 Å². The van der Waals surface area contributed by atoms with Gasteiger partial charge in [-0.15, -0.1) is 0 Å². The van der Waals surface area contributed by atoms with Crippen molar-refractivity contribution in [3.05, 3.63) is 82.0 Å². The summed E-state index contributed by atoms with van der Waals surface area (Å²) in [5.41, 5.74) is 2.30. The summed E-state index contributed by atoms with van der Waals surface area (Å²) >= 11 is 11.4. The fraction of sp³-hybridized carbons (Fsp3) is 0.167. The summed E-state index contributed by atoms with van der Waals surface area (Å²) in [6, 6.07) is 13.2. The lowest BCUT2D eigenvalue weighted by atomic mass is 10.1. The van der Waals surface area contributed by atoms with Crippen molar-refractivity contribution in [1.82, 2.24) is 19.7 Å². The Morgan fingerprint density at radius 3 is 2.91 bits per heavy atom. The number of halogens is 2. The van der Waals surface area contributed by atoms with E-state index in [0.29, 0.717) is 45.7 Å². The Morgan fingerprint density at radius 2 is 2.12 bits per heavy atom. The maximum absolute atomic E-state index is 14.0. The van der Waals surface area contributed by atoms with Crippen molar-refractivity contribution in [2.75, 3.05) is 11.4 Å². The predicted molar refractivity (Wildman–Crippen MR) is 138 cm³/mol. The Hall–Kier alpha value is -3.01. The molecule has 0 saturated heterocycles. The zero-order valence-corrected chi connectivity index (χ0v) is 21.3. The van der Waals surface area contributed by atoms with Crippen LogP contribution in [0, 0.1) is 6.92 Å². The maximum Gasteiger partial charge on any atom is 0.265 e. The molecule has 0 aliphatic heterocycles. The van der Waals surface area contributed by atoms with E-state index in [2.05, 4.69) is 26.1 Å². The monoisotopic (exact) mass is 555 g/mol. The van der Waals surface area contributed by atoms with E-state index in [1.54, 1.807) is 30.4 Å². The Morgan fingerprint density at radius 1 is 1.26 bits per heavy atom. The molecular formula is C24H19BrClN5O2S. The lowest BCUT2D eigenvalue weighted by Gasteiger charge is -2.20. The number of anilines is 1. The highest BCUT2D eigenvalue weighted by Crippen LogP contribution is 2.35. The molecule has 3 heterocycles. The van der Waals surface area contributed by atoms with Gasteiger partial charge in [0.05, 0.1) is 21.6 Å². The van der Waals surface area contributed by atoms with Gasteiger partial charge in [0.25, 0.3) is 5.91 Å². The molecule has 172 valence electrons. The van der Waals surface area contributed by atoms with Gasteiger partial charge in [0.2, 0.25) is 0 Å². The summed E-state index contributed by atoms with van der Waals surface area (Å²) in [5.74, 6) is 0.209. The molecule has 1 amide bonds. The zero-order chi connectivity index (χ0) is 23.7. The topological polar surface area (TPSA) is 77.0 Å². The lowest BCUT2D eigenvalue weighted by molar-refractivity contribution is 0.0985. The van der Waals surface area contributed by atoms with Crippen LogP contribution in [-0.2, 0) is 6.54 Å². The molecule has 0 saturated carbocycles. The first-order valence-electron chi connectivity index (χ1n) is 10.6. The first kappa shape index (κ1) is 22.8. The van der Waals surface area contributed by atoms with E-state index in [0.717, 1.165) is 21.2 Å². The molecule has 0 N–H and O–H groups in total. The van der Waals surface area contributed by atoms with Crippen LogP contribution in [0.3, 0.4) is 0 Å². The standard InChI is InChI=1S/C24H19BrClN5O2S/c1-15-21(22(29-33-15)17-5-2-3-6-18(17)26)23(32)31(11-4-10-30-12-9-27-14-30)24-28-19-8-7-16(25)13-20(19)34-24/h2-3,5-9,12-14H,4,10-11H2,1H3. The molecule has 0 radical (unpaired) electrons. The molecule has 5 aromatic rings. The van der Waals surface area contributed by atoms with E-state index in [1.807, 2.05) is 47.2 Å². The number of imidazole rings is 1. The van der Waals surface area contributed by atoms with E-state index in [1.165, 1.54) is 11.3 Å². The maximum atomic E-state index is 14.0. The van der Waals surface area contributed by atoms with Gasteiger partial charge in [-0.1, -0.05) is 62.2 Å². The first-order valence-corrected chi connectivity index (χ1v) is 12.5. The summed E-state index contributed by atoms with van der Waals surface area (Å²) in [7, 11) is 0. The predicted octanol–water partition coefficient (Wildman–Crippen LogP) is 6.61. The third-order valence-electron chi connectivity index (χ3n) is 5.38. The number of fused-ring (bicyclic) bond motifs is 1. The highest BCUT2D eigenvalue weighted by molar-refractivity contribution is 9.10. The number of thiazole rings is 1. The average molecular weight is 557 g/mol. The van der Waals surface area contributed by atoms with Gasteiger partial charge in [0.15, 0.2) is 5.13 Å². The van der Waals surface area contributed by atoms with Crippen LogP contribution in [0.25, 0.3) is 21.5 Å². The molecule has 10 heteroatoms. The van der Waals surface area contributed by atoms with E-state index in [4.69, 9.17) is 21.1 Å². The molecule has 3 aromatic heterocycles. The van der Waals surface area contributed by atoms with Gasteiger partial charge < -0.3 is 9.09 Å². The SMILES string of the molecule is Cc1onc(-c2ccccc2Cl)c1C(=O)N(CCCn1ccnc1)c1nc2ccc(Br)cc2s1. The number of carbonyl (C=O) groups is 1. The number of aryl methyl sites for hydroxylation is 2. The van der Waals surface area contributed by atoms with Crippen LogP contribution in [0.15, 0.2) is 70.2 Å². The van der Waals surface area contributed by atoms with Gasteiger partial charge in [-0.3, -0.25) is 9.69 Å². The molecule has 2 aromatic carbocycles. The molecule has 7 nitrogen and oxygen atoms in total. The minimum atomic E-state index is -0.225. The molecule has 0 bridgehead atoms. The largest absolute Gasteiger partial charge is 0.360 e. The van der Waals surface area contributed by atoms with Crippen LogP contribution >= 0.6 is 38.9 Å². The van der Waals surface area contributed by atoms with E-state index < -0.39 is 0 Å². The zero-order valence-electron chi connectivity index (χ0n) is 18.1. The van der Waals surface area contributed by atoms with Crippen molar-refractivity contribution in [3.8, 4) is 11.3 Å². The van der Waals surface area contributed by atoms with Gasteiger partial charge in [-0.05, 0) is 37.6 Å². The normalized spacial score (nSPS) is 11.3. The molecule has 5 rings (SSSR count). The van der Waals surface area contributed by atoms with Crippen molar-refractivity contribution in [2.24, 2.45) is 0 Å². The van der Waals surface area contributed by atoms with Crippen LogP contribution in [0.4, 0.5) is 5.13 Å². The lowest BCUT2D eigenvalue weighted by Crippen LogP contribution is -2.33. The summed E-state index contributed by atoms with van der Waals surface area (Å²) < 4.78 is 9.40. The van der Waals surface area contributed by atoms with Crippen LogP contribution in [0.1, 0.15) is 22.5 Å². The Bertz CT molecular complexity index is 1460. The summed E-state index contributed by atoms with van der Waals surface area (Å²) in [6.07, 6.45) is 6.13. The molecule has 0 unspecified atom stereocenters. The molecule has 0 aliphatic carbocycles. The number of amides is 1.